The maximum absolute atomic E-state index is 12.4. The number of amides is 1. The minimum atomic E-state index is -0.0798. The van der Waals surface area contributed by atoms with Crippen LogP contribution in [0.1, 0.15) is 35.9 Å². The lowest BCUT2D eigenvalue weighted by molar-refractivity contribution is 0.0949. The Balaban J connectivity index is 1.78. The van der Waals surface area contributed by atoms with Gasteiger partial charge in [0.25, 0.3) is 5.91 Å². The number of rotatable bonds is 3. The van der Waals surface area contributed by atoms with Crippen LogP contribution in [0.5, 0.6) is 0 Å². The first-order valence-corrected chi connectivity index (χ1v) is 8.52. The summed E-state index contributed by atoms with van der Waals surface area (Å²) >= 11 is 7.58. The molecule has 21 heavy (non-hydrogen) atoms. The lowest BCUT2D eigenvalue weighted by Crippen LogP contribution is -2.30. The van der Waals surface area contributed by atoms with E-state index in [1.54, 1.807) is 6.07 Å². The maximum Gasteiger partial charge on any atom is 0.263 e. The lowest BCUT2D eigenvalue weighted by atomic mass is 9.98. The fourth-order valence-corrected chi connectivity index (χ4v) is 4.53. The van der Waals surface area contributed by atoms with E-state index in [-0.39, 0.29) is 5.91 Å². The molecule has 1 aliphatic rings. The summed E-state index contributed by atoms with van der Waals surface area (Å²) in [5.41, 5.74) is 6.61. The van der Waals surface area contributed by atoms with Crippen LogP contribution in [0.3, 0.4) is 0 Å². The molecule has 112 valence electrons. The van der Waals surface area contributed by atoms with Crippen LogP contribution in [0.4, 0.5) is 5.69 Å². The van der Waals surface area contributed by atoms with Gasteiger partial charge in [0.2, 0.25) is 0 Å². The molecule has 1 aromatic heterocycles. The number of halogens is 1. The summed E-state index contributed by atoms with van der Waals surface area (Å²) in [5.74, 6) is 1.21. The van der Waals surface area contributed by atoms with Crippen LogP contribution in [-0.4, -0.2) is 12.5 Å². The van der Waals surface area contributed by atoms with Crippen LogP contribution in [0.25, 0.3) is 10.1 Å². The van der Waals surface area contributed by atoms with Gasteiger partial charge in [-0.2, -0.15) is 0 Å². The van der Waals surface area contributed by atoms with Crippen molar-refractivity contribution < 1.29 is 4.79 Å². The molecule has 2 atom stereocenters. The highest BCUT2D eigenvalue weighted by atomic mass is 35.5. The normalized spacial score (nSPS) is 21.8. The molecule has 0 radical (unpaired) electrons. The van der Waals surface area contributed by atoms with E-state index in [4.69, 9.17) is 17.3 Å². The Morgan fingerprint density at radius 1 is 1.48 bits per heavy atom. The highest BCUT2D eigenvalue weighted by molar-refractivity contribution is 7.21. The van der Waals surface area contributed by atoms with Crippen molar-refractivity contribution in [3.8, 4) is 0 Å². The summed E-state index contributed by atoms with van der Waals surface area (Å²) < 4.78 is 0.958. The molecule has 1 fully saturated rings. The highest BCUT2D eigenvalue weighted by Gasteiger charge is 2.25. The van der Waals surface area contributed by atoms with Crippen molar-refractivity contribution in [3.63, 3.8) is 0 Å². The third-order valence-corrected chi connectivity index (χ3v) is 5.96. The third-order valence-electron chi connectivity index (χ3n) is 4.47. The Kier molecular flexibility index (Phi) is 4.09. The van der Waals surface area contributed by atoms with Crippen LogP contribution < -0.4 is 11.1 Å². The van der Waals surface area contributed by atoms with E-state index in [9.17, 15) is 4.79 Å². The summed E-state index contributed by atoms with van der Waals surface area (Å²) in [6.07, 6.45) is 3.73. The standard InChI is InChI=1S/C16H19ClN2OS/c1-9-4-2-5-10(9)8-19-16(20)15-14(18)13-11(17)6-3-7-12(13)21-15/h3,6-7,9-10H,2,4-5,8,18H2,1H3,(H,19,20). The van der Waals surface area contributed by atoms with Gasteiger partial charge in [0.15, 0.2) is 0 Å². The number of hydrogen-bond donors (Lipinski definition) is 2. The van der Waals surface area contributed by atoms with Crippen molar-refractivity contribution in [3.05, 3.63) is 28.1 Å². The van der Waals surface area contributed by atoms with Crippen molar-refractivity contribution >= 4 is 44.6 Å². The van der Waals surface area contributed by atoms with Crippen molar-refractivity contribution in [1.82, 2.24) is 5.32 Å². The number of carbonyl (C=O) groups is 1. The number of hydrogen-bond acceptors (Lipinski definition) is 3. The molecule has 1 aromatic carbocycles. The molecule has 1 saturated carbocycles. The molecule has 2 unspecified atom stereocenters. The second-order valence-corrected chi connectivity index (χ2v) is 7.30. The number of benzene rings is 1. The van der Waals surface area contributed by atoms with Crippen LogP contribution in [0.2, 0.25) is 5.02 Å². The fourth-order valence-electron chi connectivity index (χ4n) is 3.13. The minimum Gasteiger partial charge on any atom is -0.397 e. The Morgan fingerprint density at radius 2 is 2.29 bits per heavy atom. The van der Waals surface area contributed by atoms with Crippen molar-refractivity contribution in [2.24, 2.45) is 11.8 Å². The van der Waals surface area contributed by atoms with E-state index in [2.05, 4.69) is 12.2 Å². The highest BCUT2D eigenvalue weighted by Crippen LogP contribution is 2.38. The van der Waals surface area contributed by atoms with Crippen molar-refractivity contribution in [2.75, 3.05) is 12.3 Å². The first-order valence-electron chi connectivity index (χ1n) is 7.32. The molecule has 3 rings (SSSR count). The number of nitrogens with one attached hydrogen (secondary N) is 1. The Hall–Kier alpha value is -1.26. The fraction of sp³-hybridized carbons (Fsp3) is 0.438. The van der Waals surface area contributed by atoms with E-state index in [0.717, 1.165) is 16.6 Å². The van der Waals surface area contributed by atoms with Gasteiger partial charge in [0, 0.05) is 16.6 Å². The molecule has 0 bridgehead atoms. The number of carbonyl (C=O) groups excluding carboxylic acids is 1. The average Bonchev–Trinajstić information content (AvgIpc) is 3.01. The SMILES string of the molecule is CC1CCCC1CNC(=O)c1sc2cccc(Cl)c2c1N. The molecule has 2 aromatic rings. The van der Waals surface area contributed by atoms with Gasteiger partial charge in [0.05, 0.1) is 10.7 Å². The topological polar surface area (TPSA) is 55.1 Å². The van der Waals surface area contributed by atoms with E-state index >= 15 is 0 Å². The molecule has 1 amide bonds. The number of anilines is 1. The minimum absolute atomic E-state index is 0.0798. The predicted molar refractivity (Wildman–Crippen MR) is 90.1 cm³/mol. The maximum atomic E-state index is 12.4. The Bertz CT molecular complexity index is 682. The zero-order valence-electron chi connectivity index (χ0n) is 12.0. The second-order valence-electron chi connectivity index (χ2n) is 5.84. The molecule has 5 heteroatoms. The molecule has 3 nitrogen and oxygen atoms in total. The van der Waals surface area contributed by atoms with Gasteiger partial charge < -0.3 is 11.1 Å². The monoisotopic (exact) mass is 322 g/mol. The zero-order valence-corrected chi connectivity index (χ0v) is 13.6. The van der Waals surface area contributed by atoms with Gasteiger partial charge in [-0.05, 0) is 30.4 Å². The van der Waals surface area contributed by atoms with Gasteiger partial charge >= 0.3 is 0 Å². The number of fused-ring (bicyclic) bond motifs is 1. The zero-order chi connectivity index (χ0) is 15.0. The summed E-state index contributed by atoms with van der Waals surface area (Å²) in [6, 6.07) is 5.62. The molecule has 1 heterocycles. The van der Waals surface area contributed by atoms with Gasteiger partial charge in [-0.25, -0.2) is 0 Å². The van der Waals surface area contributed by atoms with Crippen molar-refractivity contribution in [2.45, 2.75) is 26.2 Å². The quantitative estimate of drug-likeness (QED) is 0.885. The van der Waals surface area contributed by atoms with E-state index in [0.29, 0.717) is 27.4 Å². The molecule has 3 N–H and O–H groups in total. The number of nitrogen functional groups attached to an aromatic ring is 1. The lowest BCUT2D eigenvalue weighted by Gasteiger charge is -2.15. The third kappa shape index (κ3) is 2.74. The first-order chi connectivity index (χ1) is 10.1. The van der Waals surface area contributed by atoms with Crippen molar-refractivity contribution in [1.29, 1.82) is 0 Å². The number of nitrogens with two attached hydrogens (primary N) is 1. The van der Waals surface area contributed by atoms with E-state index < -0.39 is 0 Å². The summed E-state index contributed by atoms with van der Waals surface area (Å²) in [4.78, 5) is 13.0. The molecular weight excluding hydrogens is 304 g/mol. The van der Waals surface area contributed by atoms with Gasteiger partial charge in [-0.1, -0.05) is 37.4 Å². The predicted octanol–water partition coefficient (Wildman–Crippen LogP) is 4.30. The van der Waals surface area contributed by atoms with E-state index in [1.807, 2.05) is 12.1 Å². The summed E-state index contributed by atoms with van der Waals surface area (Å²) in [6.45, 7) is 3.00. The first kappa shape index (κ1) is 14.7. The van der Waals surface area contributed by atoms with Crippen LogP contribution in [0, 0.1) is 11.8 Å². The molecule has 0 spiro atoms. The van der Waals surface area contributed by atoms with Crippen LogP contribution in [-0.2, 0) is 0 Å². The van der Waals surface area contributed by atoms with Crippen LogP contribution >= 0.6 is 22.9 Å². The average molecular weight is 323 g/mol. The number of thiophene rings is 1. The molecule has 1 aliphatic carbocycles. The van der Waals surface area contributed by atoms with E-state index in [1.165, 1.54) is 30.6 Å². The largest absolute Gasteiger partial charge is 0.397 e. The summed E-state index contributed by atoms with van der Waals surface area (Å²) in [7, 11) is 0. The smallest absolute Gasteiger partial charge is 0.263 e. The van der Waals surface area contributed by atoms with Gasteiger partial charge in [-0.15, -0.1) is 11.3 Å². The Morgan fingerprint density at radius 3 is 2.95 bits per heavy atom. The molecule has 0 aliphatic heterocycles. The van der Waals surface area contributed by atoms with Gasteiger partial charge in [0.1, 0.15) is 4.88 Å². The Labute approximate surface area is 133 Å². The van der Waals surface area contributed by atoms with Crippen LogP contribution in [0.15, 0.2) is 18.2 Å². The second kappa shape index (κ2) is 5.85. The molecular formula is C16H19ClN2OS. The van der Waals surface area contributed by atoms with Gasteiger partial charge in [-0.3, -0.25) is 4.79 Å². The molecule has 0 saturated heterocycles. The summed E-state index contributed by atoms with van der Waals surface area (Å²) in [5, 5.41) is 4.44.